The first-order valence-electron chi connectivity index (χ1n) is 6.52. The fourth-order valence-electron chi connectivity index (χ4n) is 1.76. The molecule has 9 heteroatoms. The third-order valence-electron chi connectivity index (χ3n) is 2.88. The van der Waals surface area contributed by atoms with Gasteiger partial charge in [0, 0.05) is 12.6 Å². The van der Waals surface area contributed by atoms with Gasteiger partial charge in [0.05, 0.1) is 9.82 Å². The summed E-state index contributed by atoms with van der Waals surface area (Å²) >= 11 is 0. The van der Waals surface area contributed by atoms with Gasteiger partial charge in [0.15, 0.2) is 0 Å². The van der Waals surface area contributed by atoms with E-state index in [0.717, 1.165) is 25.0 Å². The van der Waals surface area contributed by atoms with Crippen molar-refractivity contribution < 1.29 is 13.3 Å². The van der Waals surface area contributed by atoms with Crippen LogP contribution in [0, 0.1) is 16.0 Å². The van der Waals surface area contributed by atoms with Crippen molar-refractivity contribution in [3.63, 3.8) is 0 Å². The summed E-state index contributed by atoms with van der Waals surface area (Å²) in [4.78, 5) is 10.1. The quantitative estimate of drug-likeness (QED) is 0.289. The van der Waals surface area contributed by atoms with Crippen molar-refractivity contribution in [1.82, 2.24) is 4.72 Å². The smallest absolute Gasteiger partial charge is 0.293 e. The van der Waals surface area contributed by atoms with Gasteiger partial charge in [-0.1, -0.05) is 13.8 Å². The Kier molecular flexibility index (Phi) is 6.06. The first kappa shape index (κ1) is 17.3. The minimum absolute atomic E-state index is 0.0509. The Morgan fingerprint density at radius 2 is 2.05 bits per heavy atom. The highest BCUT2D eigenvalue weighted by molar-refractivity contribution is 7.89. The molecule has 0 aliphatic rings. The number of nitrogens with zero attached hydrogens (tertiary/aromatic N) is 1. The first-order valence-corrected chi connectivity index (χ1v) is 8.01. The topological polar surface area (TPSA) is 127 Å². The summed E-state index contributed by atoms with van der Waals surface area (Å²) < 4.78 is 26.6. The van der Waals surface area contributed by atoms with E-state index in [9.17, 15) is 18.5 Å². The second-order valence-corrected chi connectivity index (χ2v) is 6.78. The summed E-state index contributed by atoms with van der Waals surface area (Å²) in [5, 5.41) is 10.8. The van der Waals surface area contributed by atoms with Crippen LogP contribution >= 0.6 is 0 Å². The Balaban J connectivity index is 2.86. The zero-order chi connectivity index (χ0) is 16.0. The highest BCUT2D eigenvalue weighted by Gasteiger charge is 2.19. The number of anilines is 1. The zero-order valence-electron chi connectivity index (χ0n) is 12.0. The Bertz CT molecular complexity index is 601. The van der Waals surface area contributed by atoms with E-state index in [-0.39, 0.29) is 16.3 Å². The van der Waals surface area contributed by atoms with E-state index in [2.05, 4.69) is 24.0 Å². The summed E-state index contributed by atoms with van der Waals surface area (Å²) in [6.45, 7) is 4.44. The van der Waals surface area contributed by atoms with Gasteiger partial charge in [-0.25, -0.2) is 13.1 Å². The second-order valence-electron chi connectivity index (χ2n) is 5.01. The summed E-state index contributed by atoms with van der Waals surface area (Å²) in [6.07, 6.45) is 1.64. The number of nitro groups is 1. The second kappa shape index (κ2) is 7.34. The van der Waals surface area contributed by atoms with Gasteiger partial charge >= 0.3 is 0 Å². The number of nitrogens with two attached hydrogens (primary N) is 1. The van der Waals surface area contributed by atoms with Crippen LogP contribution in [0.2, 0.25) is 0 Å². The Hall–Kier alpha value is -1.71. The number of nitrogen functional groups attached to an aromatic ring is 1. The van der Waals surface area contributed by atoms with Gasteiger partial charge in [-0.3, -0.25) is 16.0 Å². The molecule has 1 aromatic carbocycles. The van der Waals surface area contributed by atoms with Crippen LogP contribution in [0.4, 0.5) is 11.4 Å². The van der Waals surface area contributed by atoms with Gasteiger partial charge in [0.1, 0.15) is 5.69 Å². The largest absolute Gasteiger partial charge is 0.318 e. The van der Waals surface area contributed by atoms with Gasteiger partial charge in [-0.15, -0.1) is 0 Å². The lowest BCUT2D eigenvalue weighted by atomic mass is 10.1. The molecular formula is C12H20N4O4S. The number of nitrogens with one attached hydrogen (secondary N) is 2. The van der Waals surface area contributed by atoms with Gasteiger partial charge in [-0.2, -0.15) is 0 Å². The summed E-state index contributed by atoms with van der Waals surface area (Å²) in [7, 11) is -3.70. The van der Waals surface area contributed by atoms with Crippen molar-refractivity contribution in [2.24, 2.45) is 11.8 Å². The highest BCUT2D eigenvalue weighted by atomic mass is 32.2. The summed E-state index contributed by atoms with van der Waals surface area (Å²) in [5.41, 5.74) is 1.81. The average molecular weight is 316 g/mol. The highest BCUT2D eigenvalue weighted by Crippen LogP contribution is 2.26. The molecule has 21 heavy (non-hydrogen) atoms. The average Bonchev–Trinajstić information content (AvgIpc) is 2.42. The van der Waals surface area contributed by atoms with Crippen LogP contribution in [0.5, 0.6) is 0 Å². The summed E-state index contributed by atoms with van der Waals surface area (Å²) in [6, 6.07) is 3.44. The molecule has 0 fully saturated rings. The van der Waals surface area contributed by atoms with Crippen molar-refractivity contribution in [1.29, 1.82) is 0 Å². The molecule has 0 amide bonds. The fraction of sp³-hybridized carbons (Fsp3) is 0.500. The van der Waals surface area contributed by atoms with Crippen LogP contribution in [0.15, 0.2) is 23.1 Å². The molecule has 8 nitrogen and oxygen atoms in total. The maximum Gasteiger partial charge on any atom is 0.293 e. The van der Waals surface area contributed by atoms with Gasteiger partial charge in [-0.05, 0) is 30.9 Å². The fourth-order valence-corrected chi connectivity index (χ4v) is 2.86. The van der Waals surface area contributed by atoms with E-state index in [1.54, 1.807) is 0 Å². The molecule has 0 bridgehead atoms. The van der Waals surface area contributed by atoms with Crippen LogP contribution < -0.4 is 16.0 Å². The number of benzene rings is 1. The maximum atomic E-state index is 12.1. The van der Waals surface area contributed by atoms with Crippen LogP contribution in [-0.2, 0) is 10.0 Å². The molecule has 1 rings (SSSR count). The van der Waals surface area contributed by atoms with Crippen LogP contribution in [0.3, 0.4) is 0 Å². The van der Waals surface area contributed by atoms with Crippen LogP contribution in [-0.4, -0.2) is 19.9 Å². The lowest BCUT2D eigenvalue weighted by Crippen LogP contribution is -2.25. The molecule has 1 aromatic rings. The number of hydrogen-bond donors (Lipinski definition) is 3. The Morgan fingerprint density at radius 1 is 1.38 bits per heavy atom. The number of hydrazine groups is 1. The van der Waals surface area contributed by atoms with E-state index in [4.69, 9.17) is 5.84 Å². The van der Waals surface area contributed by atoms with Crippen molar-refractivity contribution >= 4 is 21.4 Å². The monoisotopic (exact) mass is 316 g/mol. The van der Waals surface area contributed by atoms with E-state index < -0.39 is 14.9 Å². The minimum atomic E-state index is -3.70. The predicted octanol–water partition coefficient (Wildman–Crippen LogP) is 1.59. The van der Waals surface area contributed by atoms with E-state index >= 15 is 0 Å². The number of rotatable bonds is 8. The van der Waals surface area contributed by atoms with Gasteiger partial charge < -0.3 is 5.43 Å². The molecule has 0 aliphatic heterocycles. The molecular weight excluding hydrogens is 296 g/mol. The molecule has 0 heterocycles. The molecule has 0 spiro atoms. The normalized spacial score (nSPS) is 11.6. The van der Waals surface area contributed by atoms with Crippen molar-refractivity contribution in [2.75, 3.05) is 12.0 Å². The third kappa shape index (κ3) is 4.96. The first-order chi connectivity index (χ1) is 9.77. The molecule has 0 atom stereocenters. The van der Waals surface area contributed by atoms with Crippen molar-refractivity contribution in [3.05, 3.63) is 28.3 Å². The molecule has 0 aliphatic carbocycles. The summed E-state index contributed by atoms with van der Waals surface area (Å²) in [5.74, 6) is 5.69. The Labute approximate surface area is 123 Å². The Morgan fingerprint density at radius 3 is 2.57 bits per heavy atom. The molecule has 0 saturated carbocycles. The van der Waals surface area contributed by atoms with Crippen molar-refractivity contribution in [2.45, 2.75) is 31.6 Å². The molecule has 118 valence electrons. The zero-order valence-corrected chi connectivity index (χ0v) is 12.8. The van der Waals surface area contributed by atoms with Gasteiger partial charge in [0.2, 0.25) is 10.0 Å². The minimum Gasteiger partial charge on any atom is -0.318 e. The molecule has 0 unspecified atom stereocenters. The molecule has 0 radical (unpaired) electrons. The number of hydrogen-bond acceptors (Lipinski definition) is 6. The standard InChI is InChI=1S/C12H20N4O4S/c1-9(2)4-3-7-14-21(19,20)10-5-6-12(16(17)18)11(8-10)15-13/h5-6,8-9,14-15H,3-4,7,13H2,1-2H3. The van der Waals surface area contributed by atoms with Gasteiger partial charge in [0.25, 0.3) is 5.69 Å². The molecule has 0 saturated heterocycles. The van der Waals surface area contributed by atoms with E-state index in [0.29, 0.717) is 12.5 Å². The lowest BCUT2D eigenvalue weighted by Gasteiger charge is -2.09. The SMILES string of the molecule is CC(C)CCCNS(=O)(=O)c1ccc([N+](=O)[O-])c(NN)c1. The van der Waals surface area contributed by atoms with Crippen molar-refractivity contribution in [3.8, 4) is 0 Å². The number of sulfonamides is 1. The number of nitro benzene ring substituents is 1. The maximum absolute atomic E-state index is 12.1. The van der Waals surface area contributed by atoms with E-state index in [1.165, 1.54) is 6.07 Å². The van der Waals surface area contributed by atoms with Crippen LogP contribution in [0.1, 0.15) is 26.7 Å². The van der Waals surface area contributed by atoms with Crippen LogP contribution in [0.25, 0.3) is 0 Å². The molecule has 4 N–H and O–H groups in total. The lowest BCUT2D eigenvalue weighted by molar-refractivity contribution is -0.384. The molecule has 0 aromatic heterocycles. The van der Waals surface area contributed by atoms with E-state index in [1.807, 2.05) is 0 Å². The third-order valence-corrected chi connectivity index (χ3v) is 4.34. The predicted molar refractivity (Wildman–Crippen MR) is 80.2 cm³/mol.